The molecular formula is C4H9N3O. The molecule has 8 heavy (non-hydrogen) atoms. The maximum Gasteiger partial charge on any atom is 0.244 e. The van der Waals surface area contributed by atoms with Crippen LogP contribution in [0.5, 0.6) is 0 Å². The zero-order valence-corrected chi connectivity index (χ0v) is 4.72. The van der Waals surface area contributed by atoms with E-state index in [0.29, 0.717) is 6.42 Å². The van der Waals surface area contributed by atoms with Gasteiger partial charge in [0.1, 0.15) is 0 Å². The summed E-state index contributed by atoms with van der Waals surface area (Å²) in [5, 5.41) is 3.56. The highest BCUT2D eigenvalue weighted by Gasteiger charge is 2.27. The van der Waals surface area contributed by atoms with E-state index >= 15 is 0 Å². The van der Waals surface area contributed by atoms with E-state index < -0.39 is 5.85 Å². The Morgan fingerprint density at radius 2 is 2.38 bits per heavy atom. The standard InChI is InChI=1S/C4H9N3O/c1-3-2-4(5,6)8-7-3/h2,5-6H2,1H3. The second kappa shape index (κ2) is 1.43. The Morgan fingerprint density at radius 1 is 1.75 bits per heavy atom. The normalized spacial score (nSPS) is 24.6. The van der Waals surface area contributed by atoms with Crippen molar-refractivity contribution in [2.75, 3.05) is 0 Å². The zero-order valence-electron chi connectivity index (χ0n) is 4.72. The summed E-state index contributed by atoms with van der Waals surface area (Å²) in [6.45, 7) is 1.82. The molecule has 1 aliphatic heterocycles. The molecule has 4 N–H and O–H groups in total. The van der Waals surface area contributed by atoms with Gasteiger partial charge in [-0.25, -0.2) is 0 Å². The van der Waals surface area contributed by atoms with Crippen LogP contribution in [-0.2, 0) is 4.84 Å². The van der Waals surface area contributed by atoms with Crippen LogP contribution >= 0.6 is 0 Å². The first-order valence-electron chi connectivity index (χ1n) is 2.39. The fourth-order valence-electron chi connectivity index (χ4n) is 0.627. The molecular weight excluding hydrogens is 106 g/mol. The number of nitrogens with two attached hydrogens (primary N) is 2. The predicted octanol–water partition coefficient (Wildman–Crippen LogP) is -0.646. The third-order valence-corrected chi connectivity index (χ3v) is 0.904. The van der Waals surface area contributed by atoms with E-state index in [1.54, 1.807) is 0 Å². The Bertz CT molecular complexity index is 129. The molecule has 0 amide bonds. The molecule has 0 radical (unpaired) electrons. The van der Waals surface area contributed by atoms with Crippen molar-refractivity contribution in [1.29, 1.82) is 0 Å². The summed E-state index contributed by atoms with van der Waals surface area (Å²) in [7, 11) is 0. The molecule has 0 bridgehead atoms. The van der Waals surface area contributed by atoms with E-state index in [-0.39, 0.29) is 0 Å². The van der Waals surface area contributed by atoms with Crippen molar-refractivity contribution in [2.45, 2.75) is 19.2 Å². The molecule has 1 heterocycles. The average molecular weight is 115 g/mol. The fourth-order valence-corrected chi connectivity index (χ4v) is 0.627. The van der Waals surface area contributed by atoms with Crippen molar-refractivity contribution < 1.29 is 4.84 Å². The molecule has 0 atom stereocenters. The van der Waals surface area contributed by atoms with Gasteiger partial charge in [0.05, 0.1) is 12.1 Å². The van der Waals surface area contributed by atoms with Gasteiger partial charge >= 0.3 is 0 Å². The van der Waals surface area contributed by atoms with Crippen LogP contribution in [0.25, 0.3) is 0 Å². The number of nitrogens with zero attached hydrogens (tertiary/aromatic N) is 1. The van der Waals surface area contributed by atoms with Gasteiger partial charge in [0.2, 0.25) is 5.85 Å². The molecule has 0 unspecified atom stereocenters. The van der Waals surface area contributed by atoms with Gasteiger partial charge in [-0.05, 0) is 6.92 Å². The summed E-state index contributed by atoms with van der Waals surface area (Å²) < 4.78 is 0. The van der Waals surface area contributed by atoms with E-state index in [2.05, 4.69) is 9.99 Å². The average Bonchev–Trinajstić information content (AvgIpc) is 1.82. The molecule has 0 spiro atoms. The van der Waals surface area contributed by atoms with Crippen LogP contribution < -0.4 is 11.5 Å². The van der Waals surface area contributed by atoms with Crippen molar-refractivity contribution >= 4 is 5.71 Å². The van der Waals surface area contributed by atoms with Crippen LogP contribution in [0.2, 0.25) is 0 Å². The first-order valence-corrected chi connectivity index (χ1v) is 2.39. The lowest BCUT2D eigenvalue weighted by atomic mass is 10.2. The van der Waals surface area contributed by atoms with Crippen molar-refractivity contribution in [1.82, 2.24) is 0 Å². The maximum atomic E-state index is 5.31. The molecule has 0 saturated heterocycles. The van der Waals surface area contributed by atoms with Gasteiger partial charge in [0, 0.05) is 0 Å². The van der Waals surface area contributed by atoms with E-state index in [4.69, 9.17) is 11.5 Å². The van der Waals surface area contributed by atoms with Gasteiger partial charge in [-0.3, -0.25) is 11.5 Å². The Balaban J connectivity index is 2.55. The molecule has 0 aromatic rings. The quantitative estimate of drug-likeness (QED) is 0.412. The Labute approximate surface area is 47.5 Å². The topological polar surface area (TPSA) is 73.6 Å². The van der Waals surface area contributed by atoms with Crippen LogP contribution in [0, 0.1) is 0 Å². The van der Waals surface area contributed by atoms with E-state index in [1.165, 1.54) is 0 Å². The van der Waals surface area contributed by atoms with Crippen molar-refractivity contribution in [3.8, 4) is 0 Å². The van der Waals surface area contributed by atoms with Gasteiger partial charge in [0.15, 0.2) is 0 Å². The summed E-state index contributed by atoms with van der Waals surface area (Å²) >= 11 is 0. The highest BCUT2D eigenvalue weighted by Crippen LogP contribution is 2.10. The lowest BCUT2D eigenvalue weighted by Crippen LogP contribution is -2.49. The monoisotopic (exact) mass is 115 g/mol. The first-order chi connectivity index (χ1) is 3.60. The highest BCUT2D eigenvalue weighted by atomic mass is 16.7. The van der Waals surface area contributed by atoms with Crippen molar-refractivity contribution in [3.63, 3.8) is 0 Å². The van der Waals surface area contributed by atoms with Crippen molar-refractivity contribution in [3.05, 3.63) is 0 Å². The summed E-state index contributed by atoms with van der Waals surface area (Å²) in [4.78, 5) is 4.60. The zero-order chi connectivity index (χ0) is 6.20. The van der Waals surface area contributed by atoms with Gasteiger partial charge in [-0.2, -0.15) is 0 Å². The second-order valence-corrected chi connectivity index (χ2v) is 2.05. The van der Waals surface area contributed by atoms with E-state index in [0.717, 1.165) is 5.71 Å². The van der Waals surface area contributed by atoms with Crippen LogP contribution in [0.4, 0.5) is 0 Å². The predicted molar refractivity (Wildman–Crippen MR) is 29.9 cm³/mol. The smallest absolute Gasteiger partial charge is 0.244 e. The first kappa shape index (κ1) is 5.53. The van der Waals surface area contributed by atoms with Gasteiger partial charge in [-0.15, -0.1) is 0 Å². The minimum absolute atomic E-state index is 0.521. The third kappa shape index (κ3) is 0.962. The fraction of sp³-hybridized carbons (Fsp3) is 0.750. The summed E-state index contributed by atoms with van der Waals surface area (Å²) in [6.07, 6.45) is 0.521. The minimum atomic E-state index is -1.04. The molecule has 0 saturated carbocycles. The largest absolute Gasteiger partial charge is 0.357 e. The maximum absolute atomic E-state index is 5.31. The Morgan fingerprint density at radius 3 is 2.50 bits per heavy atom. The minimum Gasteiger partial charge on any atom is -0.357 e. The molecule has 0 aromatic heterocycles. The summed E-state index contributed by atoms with van der Waals surface area (Å²) in [5.74, 6) is -1.04. The molecule has 0 fully saturated rings. The van der Waals surface area contributed by atoms with Crippen LogP contribution in [-0.4, -0.2) is 11.6 Å². The van der Waals surface area contributed by atoms with Crippen molar-refractivity contribution in [2.24, 2.45) is 16.6 Å². The number of oxime groups is 1. The second-order valence-electron chi connectivity index (χ2n) is 2.05. The van der Waals surface area contributed by atoms with Crippen LogP contribution in [0.1, 0.15) is 13.3 Å². The molecule has 1 rings (SSSR count). The van der Waals surface area contributed by atoms with E-state index in [1.807, 2.05) is 6.92 Å². The lowest BCUT2D eigenvalue weighted by molar-refractivity contribution is -0.00830. The van der Waals surface area contributed by atoms with Gasteiger partial charge in [0.25, 0.3) is 0 Å². The molecule has 4 heteroatoms. The van der Waals surface area contributed by atoms with Crippen LogP contribution in [0.3, 0.4) is 0 Å². The van der Waals surface area contributed by atoms with Crippen LogP contribution in [0.15, 0.2) is 5.16 Å². The van der Waals surface area contributed by atoms with Gasteiger partial charge < -0.3 is 4.84 Å². The molecule has 46 valence electrons. The Hall–Kier alpha value is -0.610. The molecule has 4 nitrogen and oxygen atoms in total. The molecule has 0 aromatic carbocycles. The van der Waals surface area contributed by atoms with E-state index in [9.17, 15) is 0 Å². The summed E-state index contributed by atoms with van der Waals surface area (Å²) in [6, 6.07) is 0. The highest BCUT2D eigenvalue weighted by molar-refractivity contribution is 5.83. The number of hydrogen-bond acceptors (Lipinski definition) is 4. The number of rotatable bonds is 0. The third-order valence-electron chi connectivity index (χ3n) is 0.904. The Kier molecular flexibility index (Phi) is 0.988. The SMILES string of the molecule is CC1=NOC(N)(N)C1. The molecule has 1 aliphatic rings. The lowest BCUT2D eigenvalue weighted by Gasteiger charge is -2.12. The molecule has 0 aliphatic carbocycles. The number of hydrogen-bond donors (Lipinski definition) is 2. The summed E-state index contributed by atoms with van der Waals surface area (Å²) in [5.41, 5.74) is 11.5. The van der Waals surface area contributed by atoms with Gasteiger partial charge in [-0.1, -0.05) is 5.16 Å².